The van der Waals surface area contributed by atoms with Crippen molar-refractivity contribution in [3.05, 3.63) is 28.8 Å². The second-order valence-corrected chi connectivity index (χ2v) is 8.25. The molecule has 2 fully saturated rings. The molecule has 28 heavy (non-hydrogen) atoms. The van der Waals surface area contributed by atoms with E-state index in [1.165, 1.54) is 0 Å². The molecular formula is C20H25ClN2O5. The quantitative estimate of drug-likeness (QED) is 0.805. The van der Waals surface area contributed by atoms with Crippen LogP contribution in [0.1, 0.15) is 36.0 Å². The van der Waals surface area contributed by atoms with Crippen LogP contribution in [-0.4, -0.2) is 77.8 Å². The number of carbonyl (C=O) groups is 2. The number of hydrogen-bond donors (Lipinski definition) is 1. The first-order valence-electron chi connectivity index (χ1n) is 9.77. The van der Waals surface area contributed by atoms with Gasteiger partial charge in [0, 0.05) is 31.0 Å². The zero-order chi connectivity index (χ0) is 19.7. The molecule has 0 unspecified atom stereocenters. The van der Waals surface area contributed by atoms with Crippen molar-refractivity contribution in [2.45, 2.75) is 37.4 Å². The molecule has 0 bridgehead atoms. The van der Waals surface area contributed by atoms with E-state index in [0.29, 0.717) is 74.9 Å². The van der Waals surface area contributed by atoms with Gasteiger partial charge in [-0.1, -0.05) is 11.6 Å². The van der Waals surface area contributed by atoms with E-state index in [1.807, 2.05) is 0 Å². The first-order valence-corrected chi connectivity index (χ1v) is 10.1. The number of carbonyl (C=O) groups excluding carboxylic acids is 2. The maximum absolute atomic E-state index is 13.2. The number of fused-ring (bicyclic) bond motifs is 1. The zero-order valence-corrected chi connectivity index (χ0v) is 16.5. The molecule has 4 rings (SSSR count). The topological polar surface area (TPSA) is 79.3 Å². The lowest BCUT2D eigenvalue weighted by molar-refractivity contribution is -0.134. The van der Waals surface area contributed by atoms with Gasteiger partial charge in [-0.2, -0.15) is 0 Å². The van der Waals surface area contributed by atoms with Crippen molar-refractivity contribution in [1.29, 1.82) is 0 Å². The summed E-state index contributed by atoms with van der Waals surface area (Å²) < 4.78 is 11.8. The number of likely N-dealkylation sites (tertiary alicyclic amines) is 1. The average Bonchev–Trinajstić information content (AvgIpc) is 2.79. The van der Waals surface area contributed by atoms with Gasteiger partial charge >= 0.3 is 0 Å². The van der Waals surface area contributed by atoms with Crippen LogP contribution < -0.4 is 4.74 Å². The second kappa shape index (κ2) is 7.89. The van der Waals surface area contributed by atoms with Crippen molar-refractivity contribution < 1.29 is 24.2 Å². The first kappa shape index (κ1) is 19.5. The SMILES string of the molecule is O=C(CN1CC2(CCOCC2)Oc2ccc(Cl)cc2C1=O)N1CCC(O)CC1. The molecule has 0 aromatic heterocycles. The fourth-order valence-corrected chi connectivity index (χ4v) is 4.30. The van der Waals surface area contributed by atoms with Crippen LogP contribution in [-0.2, 0) is 9.53 Å². The molecule has 3 aliphatic heterocycles. The lowest BCUT2D eigenvalue weighted by Gasteiger charge is -2.39. The summed E-state index contributed by atoms with van der Waals surface area (Å²) in [5, 5.41) is 10.1. The van der Waals surface area contributed by atoms with E-state index in [-0.39, 0.29) is 24.5 Å². The second-order valence-electron chi connectivity index (χ2n) is 7.81. The Labute approximate surface area is 169 Å². The highest BCUT2D eigenvalue weighted by Crippen LogP contribution is 2.36. The zero-order valence-electron chi connectivity index (χ0n) is 15.7. The lowest BCUT2D eigenvalue weighted by atomic mass is 9.93. The highest BCUT2D eigenvalue weighted by molar-refractivity contribution is 6.31. The predicted molar refractivity (Wildman–Crippen MR) is 103 cm³/mol. The molecule has 8 heteroatoms. The van der Waals surface area contributed by atoms with Crippen LogP contribution in [0, 0.1) is 0 Å². The Morgan fingerprint density at radius 1 is 1.25 bits per heavy atom. The van der Waals surface area contributed by atoms with Crippen LogP contribution in [0.25, 0.3) is 0 Å². The van der Waals surface area contributed by atoms with Crippen LogP contribution in [0.4, 0.5) is 0 Å². The third-order valence-electron chi connectivity index (χ3n) is 5.81. The fraction of sp³-hybridized carbons (Fsp3) is 0.600. The van der Waals surface area contributed by atoms with Gasteiger partial charge in [0.2, 0.25) is 5.91 Å². The van der Waals surface area contributed by atoms with Crippen LogP contribution in [0.3, 0.4) is 0 Å². The van der Waals surface area contributed by atoms with Gasteiger partial charge in [0.25, 0.3) is 5.91 Å². The molecular weight excluding hydrogens is 384 g/mol. The Morgan fingerprint density at radius 2 is 1.96 bits per heavy atom. The third-order valence-corrected chi connectivity index (χ3v) is 6.05. The molecule has 3 heterocycles. The van der Waals surface area contributed by atoms with Gasteiger partial charge in [0.15, 0.2) is 0 Å². The summed E-state index contributed by atoms with van der Waals surface area (Å²) in [6, 6.07) is 5.04. The summed E-state index contributed by atoms with van der Waals surface area (Å²) in [6.07, 6.45) is 2.11. The Kier molecular flexibility index (Phi) is 5.49. The van der Waals surface area contributed by atoms with Gasteiger partial charge in [0.1, 0.15) is 17.9 Å². The average molecular weight is 409 g/mol. The number of amides is 2. The summed E-state index contributed by atoms with van der Waals surface area (Å²) in [5.41, 5.74) is -0.177. The normalized spacial score (nSPS) is 22.6. The molecule has 2 amide bonds. The van der Waals surface area contributed by atoms with E-state index < -0.39 is 5.60 Å². The largest absolute Gasteiger partial charge is 0.484 e. The van der Waals surface area contributed by atoms with E-state index in [1.54, 1.807) is 28.0 Å². The van der Waals surface area contributed by atoms with Gasteiger partial charge in [-0.15, -0.1) is 0 Å². The van der Waals surface area contributed by atoms with E-state index in [9.17, 15) is 14.7 Å². The maximum atomic E-state index is 13.2. The number of ether oxygens (including phenoxy) is 2. The third kappa shape index (κ3) is 3.97. The van der Waals surface area contributed by atoms with Crippen molar-refractivity contribution in [2.75, 3.05) is 39.4 Å². The van der Waals surface area contributed by atoms with Crippen LogP contribution in [0.15, 0.2) is 18.2 Å². The van der Waals surface area contributed by atoms with Gasteiger partial charge in [-0.25, -0.2) is 0 Å². The summed E-state index contributed by atoms with van der Waals surface area (Å²) in [5.74, 6) is 0.159. The minimum Gasteiger partial charge on any atom is -0.484 e. The summed E-state index contributed by atoms with van der Waals surface area (Å²) >= 11 is 6.12. The molecule has 0 aliphatic carbocycles. The summed E-state index contributed by atoms with van der Waals surface area (Å²) in [4.78, 5) is 29.4. The number of nitrogens with zero attached hydrogens (tertiary/aromatic N) is 2. The van der Waals surface area contributed by atoms with Gasteiger partial charge in [-0.3, -0.25) is 9.59 Å². The summed E-state index contributed by atoms with van der Waals surface area (Å²) in [6.45, 7) is 2.47. The minimum absolute atomic E-state index is 0.00709. The van der Waals surface area contributed by atoms with Crippen LogP contribution in [0.2, 0.25) is 5.02 Å². The predicted octanol–water partition coefficient (Wildman–Crippen LogP) is 1.71. The standard InChI is InChI=1S/C20H25ClN2O5/c21-14-1-2-17-16(11-14)19(26)23(13-20(28-17)5-9-27-10-6-20)12-18(25)22-7-3-15(24)4-8-22/h1-2,11,15,24H,3-10,12-13H2. The Balaban J connectivity index is 1.59. The van der Waals surface area contributed by atoms with Gasteiger partial charge in [-0.05, 0) is 31.0 Å². The number of hydrogen-bond acceptors (Lipinski definition) is 5. The highest BCUT2D eigenvalue weighted by atomic mass is 35.5. The number of aliphatic hydroxyl groups excluding tert-OH is 1. The van der Waals surface area contributed by atoms with Crippen LogP contribution >= 0.6 is 11.6 Å². The Bertz CT molecular complexity index is 757. The molecule has 152 valence electrons. The number of piperidine rings is 1. The molecule has 0 atom stereocenters. The van der Waals surface area contributed by atoms with Crippen LogP contribution in [0.5, 0.6) is 5.75 Å². The van der Waals surface area contributed by atoms with Crippen molar-refractivity contribution in [2.24, 2.45) is 0 Å². The minimum atomic E-state index is -0.564. The van der Waals surface area contributed by atoms with E-state index in [4.69, 9.17) is 21.1 Å². The Morgan fingerprint density at radius 3 is 2.68 bits per heavy atom. The molecule has 1 aromatic rings. The smallest absolute Gasteiger partial charge is 0.258 e. The molecule has 1 N–H and O–H groups in total. The Hall–Kier alpha value is -1.83. The number of rotatable bonds is 2. The molecule has 2 saturated heterocycles. The fourth-order valence-electron chi connectivity index (χ4n) is 4.12. The molecule has 1 spiro atoms. The van der Waals surface area contributed by atoms with E-state index in [2.05, 4.69) is 0 Å². The van der Waals surface area contributed by atoms with Crippen molar-refractivity contribution in [3.8, 4) is 5.75 Å². The highest BCUT2D eigenvalue weighted by Gasteiger charge is 2.42. The molecule has 3 aliphatic rings. The van der Waals surface area contributed by atoms with E-state index >= 15 is 0 Å². The molecule has 0 radical (unpaired) electrons. The molecule has 0 saturated carbocycles. The molecule has 1 aromatic carbocycles. The molecule has 7 nitrogen and oxygen atoms in total. The van der Waals surface area contributed by atoms with Crippen molar-refractivity contribution >= 4 is 23.4 Å². The van der Waals surface area contributed by atoms with E-state index in [0.717, 1.165) is 0 Å². The number of halogens is 1. The first-order chi connectivity index (χ1) is 13.5. The number of aliphatic hydroxyl groups is 1. The lowest BCUT2D eigenvalue weighted by Crippen LogP contribution is -2.53. The van der Waals surface area contributed by atoms with Crippen molar-refractivity contribution in [3.63, 3.8) is 0 Å². The van der Waals surface area contributed by atoms with Gasteiger partial charge < -0.3 is 24.4 Å². The maximum Gasteiger partial charge on any atom is 0.258 e. The van der Waals surface area contributed by atoms with Gasteiger partial charge in [0.05, 0.1) is 31.4 Å². The monoisotopic (exact) mass is 408 g/mol. The van der Waals surface area contributed by atoms with Crippen molar-refractivity contribution in [1.82, 2.24) is 9.80 Å². The summed E-state index contributed by atoms with van der Waals surface area (Å²) in [7, 11) is 0. The number of benzene rings is 1.